The van der Waals surface area contributed by atoms with Crippen LogP contribution in [0.3, 0.4) is 0 Å². The number of hydrogen-bond acceptors (Lipinski definition) is 2. The highest BCUT2D eigenvalue weighted by Crippen LogP contribution is 2.21. The molecule has 0 aliphatic carbocycles. The lowest BCUT2D eigenvalue weighted by Crippen LogP contribution is -2.18. The Kier molecular flexibility index (Phi) is 2.71. The van der Waals surface area contributed by atoms with Crippen molar-refractivity contribution in [2.75, 3.05) is 0 Å². The van der Waals surface area contributed by atoms with E-state index >= 15 is 0 Å². The highest BCUT2D eigenvalue weighted by molar-refractivity contribution is 5.07. The summed E-state index contributed by atoms with van der Waals surface area (Å²) in [5.41, 5.74) is 5.08. The molecular formula is C9H16FN3. The molecule has 1 unspecified atom stereocenters. The van der Waals surface area contributed by atoms with Gasteiger partial charge in [0.1, 0.15) is 5.82 Å². The van der Waals surface area contributed by atoms with Gasteiger partial charge in [0.2, 0.25) is 0 Å². The van der Waals surface area contributed by atoms with Crippen LogP contribution >= 0.6 is 0 Å². The summed E-state index contributed by atoms with van der Waals surface area (Å²) in [6.45, 7) is 4.85. The molecule has 0 saturated carbocycles. The first-order valence-corrected chi connectivity index (χ1v) is 4.38. The van der Waals surface area contributed by atoms with Crippen molar-refractivity contribution in [3.05, 3.63) is 17.7 Å². The summed E-state index contributed by atoms with van der Waals surface area (Å²) in [7, 11) is 0. The maximum absolute atomic E-state index is 13.3. The van der Waals surface area contributed by atoms with Gasteiger partial charge in [0.05, 0.1) is 0 Å². The van der Waals surface area contributed by atoms with Gasteiger partial charge in [-0.3, -0.25) is 0 Å². The number of aromatic amines is 1. The first kappa shape index (κ1) is 10.2. The van der Waals surface area contributed by atoms with Crippen molar-refractivity contribution in [2.45, 2.75) is 38.9 Å². The van der Waals surface area contributed by atoms with Crippen LogP contribution < -0.4 is 5.73 Å². The smallest absolute Gasteiger partial charge is 0.162 e. The highest BCUT2D eigenvalue weighted by Gasteiger charge is 2.22. The van der Waals surface area contributed by atoms with Crippen molar-refractivity contribution in [3.8, 4) is 0 Å². The van der Waals surface area contributed by atoms with Gasteiger partial charge < -0.3 is 10.7 Å². The quantitative estimate of drug-likeness (QED) is 0.749. The van der Waals surface area contributed by atoms with Crippen molar-refractivity contribution in [1.82, 2.24) is 9.97 Å². The number of H-pyrrole nitrogens is 1. The van der Waals surface area contributed by atoms with E-state index in [0.717, 1.165) is 5.69 Å². The second-order valence-electron chi connectivity index (χ2n) is 3.91. The third kappa shape index (κ3) is 2.81. The Morgan fingerprint density at radius 1 is 1.69 bits per heavy atom. The molecule has 3 N–H and O–H groups in total. The Balaban J connectivity index is 2.75. The summed E-state index contributed by atoms with van der Waals surface area (Å²) < 4.78 is 13.3. The van der Waals surface area contributed by atoms with Crippen LogP contribution in [0.5, 0.6) is 0 Å². The maximum atomic E-state index is 13.3. The third-order valence-corrected chi connectivity index (χ3v) is 1.73. The van der Waals surface area contributed by atoms with Gasteiger partial charge >= 0.3 is 0 Å². The Morgan fingerprint density at radius 3 is 2.69 bits per heavy atom. The van der Waals surface area contributed by atoms with Crippen LogP contribution in [0, 0.1) is 0 Å². The lowest BCUT2D eigenvalue weighted by atomic mass is 10.1. The van der Waals surface area contributed by atoms with Crippen LogP contribution in [-0.2, 0) is 12.1 Å². The third-order valence-electron chi connectivity index (χ3n) is 1.73. The number of aromatic nitrogens is 2. The molecule has 0 fully saturated rings. The van der Waals surface area contributed by atoms with Gasteiger partial charge in [-0.15, -0.1) is 0 Å². The molecule has 0 radical (unpaired) electrons. The molecule has 0 spiro atoms. The number of alkyl halides is 1. The number of nitrogens with zero attached hydrogens (tertiary/aromatic N) is 1. The van der Waals surface area contributed by atoms with E-state index in [1.807, 2.05) is 6.92 Å². The number of nitrogens with one attached hydrogen (secondary N) is 1. The van der Waals surface area contributed by atoms with E-state index in [9.17, 15) is 4.39 Å². The first-order chi connectivity index (χ1) is 5.89. The Labute approximate surface area is 77.6 Å². The van der Waals surface area contributed by atoms with E-state index < -0.39 is 5.67 Å². The van der Waals surface area contributed by atoms with Crippen molar-refractivity contribution >= 4 is 0 Å². The summed E-state index contributed by atoms with van der Waals surface area (Å²) in [5.74, 6) is 0.364. The largest absolute Gasteiger partial charge is 0.343 e. The number of hydrogen-bond donors (Lipinski definition) is 2. The molecule has 1 aromatic rings. The van der Waals surface area contributed by atoms with E-state index in [0.29, 0.717) is 12.2 Å². The molecule has 0 bridgehead atoms. The number of nitrogens with two attached hydrogens (primary N) is 1. The molecule has 3 nitrogen and oxygen atoms in total. The van der Waals surface area contributed by atoms with Gasteiger partial charge in [0.15, 0.2) is 5.67 Å². The van der Waals surface area contributed by atoms with Gasteiger partial charge in [0, 0.05) is 24.4 Å². The molecule has 74 valence electrons. The SMILES string of the molecule is CC(N)Cc1cnc(C(C)(C)F)[nH]1. The molecule has 1 heterocycles. The number of halogens is 1. The average Bonchev–Trinajstić information content (AvgIpc) is 2.32. The van der Waals surface area contributed by atoms with Crippen molar-refractivity contribution < 1.29 is 4.39 Å². The molecule has 0 amide bonds. The van der Waals surface area contributed by atoms with Crippen molar-refractivity contribution in [3.63, 3.8) is 0 Å². The molecular weight excluding hydrogens is 169 g/mol. The standard InChI is InChI=1S/C9H16FN3/c1-6(11)4-7-5-12-8(13-7)9(2,3)10/h5-6H,4,11H2,1-3H3,(H,12,13). The fraction of sp³-hybridized carbons (Fsp3) is 0.667. The minimum absolute atomic E-state index is 0.0658. The number of rotatable bonds is 3. The van der Waals surface area contributed by atoms with Crippen molar-refractivity contribution in [1.29, 1.82) is 0 Å². The molecule has 0 saturated heterocycles. The van der Waals surface area contributed by atoms with Crippen molar-refractivity contribution in [2.24, 2.45) is 5.73 Å². The highest BCUT2D eigenvalue weighted by atomic mass is 19.1. The predicted octanol–water partition coefficient (Wildman–Crippen LogP) is 1.50. The number of imidazole rings is 1. The summed E-state index contributed by atoms with van der Waals surface area (Å²) in [6, 6.07) is 0.0658. The molecule has 1 rings (SSSR count). The molecule has 4 heteroatoms. The predicted molar refractivity (Wildman–Crippen MR) is 50.1 cm³/mol. The minimum Gasteiger partial charge on any atom is -0.343 e. The lowest BCUT2D eigenvalue weighted by Gasteiger charge is -2.09. The topological polar surface area (TPSA) is 54.7 Å². The zero-order valence-electron chi connectivity index (χ0n) is 8.26. The van der Waals surface area contributed by atoms with E-state index in [4.69, 9.17) is 5.73 Å². The maximum Gasteiger partial charge on any atom is 0.162 e. The van der Waals surface area contributed by atoms with Gasteiger partial charge in [-0.05, 0) is 20.8 Å². The second-order valence-corrected chi connectivity index (χ2v) is 3.91. The molecule has 0 aliphatic rings. The summed E-state index contributed by atoms with van der Waals surface area (Å²) >= 11 is 0. The summed E-state index contributed by atoms with van der Waals surface area (Å²) in [6.07, 6.45) is 2.34. The molecule has 13 heavy (non-hydrogen) atoms. The fourth-order valence-corrected chi connectivity index (χ4v) is 1.11. The van der Waals surface area contributed by atoms with Crippen LogP contribution in [0.4, 0.5) is 4.39 Å². The van der Waals surface area contributed by atoms with Crippen LogP contribution in [-0.4, -0.2) is 16.0 Å². The normalized spacial score (nSPS) is 14.5. The molecule has 0 aliphatic heterocycles. The Hall–Kier alpha value is -0.900. The molecule has 0 aromatic carbocycles. The van der Waals surface area contributed by atoms with Crippen LogP contribution in [0.2, 0.25) is 0 Å². The monoisotopic (exact) mass is 185 g/mol. The Morgan fingerprint density at radius 2 is 2.31 bits per heavy atom. The van der Waals surface area contributed by atoms with E-state index in [1.54, 1.807) is 6.20 Å². The Bertz CT molecular complexity index is 273. The van der Waals surface area contributed by atoms with E-state index in [1.165, 1.54) is 13.8 Å². The van der Waals surface area contributed by atoms with Gasteiger partial charge in [0.25, 0.3) is 0 Å². The second kappa shape index (κ2) is 3.46. The molecule has 1 aromatic heterocycles. The zero-order valence-corrected chi connectivity index (χ0v) is 8.26. The summed E-state index contributed by atoms with van der Waals surface area (Å²) in [5, 5.41) is 0. The van der Waals surface area contributed by atoms with Gasteiger partial charge in [-0.2, -0.15) is 0 Å². The lowest BCUT2D eigenvalue weighted by molar-refractivity contribution is 0.208. The average molecular weight is 185 g/mol. The summed E-state index contributed by atoms with van der Waals surface area (Å²) in [4.78, 5) is 6.87. The van der Waals surface area contributed by atoms with Crippen LogP contribution in [0.1, 0.15) is 32.3 Å². The first-order valence-electron chi connectivity index (χ1n) is 4.38. The molecule has 1 atom stereocenters. The van der Waals surface area contributed by atoms with Gasteiger partial charge in [-0.25, -0.2) is 9.37 Å². The zero-order chi connectivity index (χ0) is 10.1. The fourth-order valence-electron chi connectivity index (χ4n) is 1.11. The van der Waals surface area contributed by atoms with Crippen LogP contribution in [0.25, 0.3) is 0 Å². The van der Waals surface area contributed by atoms with Gasteiger partial charge in [-0.1, -0.05) is 0 Å². The van der Waals surface area contributed by atoms with E-state index in [2.05, 4.69) is 9.97 Å². The van der Waals surface area contributed by atoms with Crippen LogP contribution in [0.15, 0.2) is 6.20 Å². The minimum atomic E-state index is -1.41. The van der Waals surface area contributed by atoms with E-state index in [-0.39, 0.29) is 6.04 Å².